The Bertz CT molecular complexity index is 601. The van der Waals surface area contributed by atoms with E-state index in [0.29, 0.717) is 0 Å². The second-order valence-corrected chi connectivity index (χ2v) is 6.93. The Kier molecular flexibility index (Phi) is 5.47. The summed E-state index contributed by atoms with van der Waals surface area (Å²) in [6.45, 7) is 0.0443. The molecule has 1 aromatic rings. The van der Waals surface area contributed by atoms with Gasteiger partial charge in [0.2, 0.25) is 5.91 Å². The van der Waals surface area contributed by atoms with Gasteiger partial charge in [-0.3, -0.25) is 9.59 Å². The summed E-state index contributed by atoms with van der Waals surface area (Å²) in [6, 6.07) is 1.95. The van der Waals surface area contributed by atoms with E-state index in [1.807, 2.05) is 0 Å². The van der Waals surface area contributed by atoms with Crippen LogP contribution in [0.25, 0.3) is 0 Å². The average Bonchev–Trinajstić information content (AvgIpc) is 2.90. The van der Waals surface area contributed by atoms with Gasteiger partial charge in [-0.05, 0) is 44.1 Å². The van der Waals surface area contributed by atoms with Crippen molar-refractivity contribution >= 4 is 5.91 Å². The number of hydrogen-bond donors (Lipinski definition) is 1. The van der Waals surface area contributed by atoms with Crippen LogP contribution in [0.1, 0.15) is 69.0 Å². The SMILES string of the molecule is O=C(Cn1nc2c(cc1=O)CCCCC2)NC1CCCCCC1. The monoisotopic (exact) mass is 317 g/mol. The van der Waals surface area contributed by atoms with Crippen molar-refractivity contribution < 1.29 is 4.79 Å². The lowest BCUT2D eigenvalue weighted by Gasteiger charge is -2.16. The molecule has 2 aliphatic rings. The van der Waals surface area contributed by atoms with E-state index in [9.17, 15) is 9.59 Å². The molecule has 0 spiro atoms. The van der Waals surface area contributed by atoms with Gasteiger partial charge in [0.15, 0.2) is 0 Å². The third-order valence-corrected chi connectivity index (χ3v) is 5.04. The normalized spacial score (nSPS) is 19.5. The minimum absolute atomic E-state index is 0.0443. The van der Waals surface area contributed by atoms with E-state index >= 15 is 0 Å². The summed E-state index contributed by atoms with van der Waals surface area (Å²) >= 11 is 0. The fourth-order valence-electron chi connectivity index (χ4n) is 3.72. The van der Waals surface area contributed by atoms with E-state index in [4.69, 9.17) is 0 Å². The smallest absolute Gasteiger partial charge is 0.267 e. The molecule has 0 bridgehead atoms. The first-order valence-electron chi connectivity index (χ1n) is 9.11. The largest absolute Gasteiger partial charge is 0.352 e. The molecule has 1 amide bonds. The Morgan fingerprint density at radius 2 is 1.78 bits per heavy atom. The van der Waals surface area contributed by atoms with Crippen molar-refractivity contribution in [2.75, 3.05) is 0 Å². The molecule has 1 heterocycles. The Labute approximate surface area is 137 Å². The molecule has 1 N–H and O–H groups in total. The van der Waals surface area contributed by atoms with E-state index in [2.05, 4.69) is 10.4 Å². The fourth-order valence-corrected chi connectivity index (χ4v) is 3.72. The first-order valence-corrected chi connectivity index (χ1v) is 9.11. The summed E-state index contributed by atoms with van der Waals surface area (Å²) in [7, 11) is 0. The standard InChI is InChI=1S/C18H27N3O2/c22-17(19-15-9-5-1-2-6-10-15)13-21-18(23)12-14-8-4-3-7-11-16(14)20-21/h12,15H,1-11,13H2,(H,19,22). The second-order valence-electron chi connectivity index (χ2n) is 6.93. The molecule has 23 heavy (non-hydrogen) atoms. The van der Waals surface area contributed by atoms with Gasteiger partial charge in [0.1, 0.15) is 6.54 Å². The minimum atomic E-state index is -0.151. The van der Waals surface area contributed by atoms with Gasteiger partial charge in [0, 0.05) is 12.1 Å². The van der Waals surface area contributed by atoms with Gasteiger partial charge in [-0.25, -0.2) is 4.68 Å². The molecule has 0 saturated heterocycles. The zero-order chi connectivity index (χ0) is 16.1. The number of rotatable bonds is 3. The van der Waals surface area contributed by atoms with Crippen molar-refractivity contribution in [2.24, 2.45) is 0 Å². The van der Waals surface area contributed by atoms with Crippen LogP contribution in [0.3, 0.4) is 0 Å². The van der Waals surface area contributed by atoms with Crippen LogP contribution in [0.4, 0.5) is 0 Å². The second kappa shape index (κ2) is 7.75. The van der Waals surface area contributed by atoms with Crippen molar-refractivity contribution in [2.45, 2.75) is 83.2 Å². The van der Waals surface area contributed by atoms with Crippen molar-refractivity contribution in [3.63, 3.8) is 0 Å². The van der Waals surface area contributed by atoms with Gasteiger partial charge in [-0.1, -0.05) is 32.1 Å². The molecule has 5 nitrogen and oxygen atoms in total. The van der Waals surface area contributed by atoms with Crippen molar-refractivity contribution in [1.29, 1.82) is 0 Å². The van der Waals surface area contributed by atoms with Crippen LogP contribution in [-0.4, -0.2) is 21.7 Å². The summed E-state index contributed by atoms with van der Waals surface area (Å²) in [4.78, 5) is 24.5. The number of carbonyl (C=O) groups excluding carboxylic acids is 1. The minimum Gasteiger partial charge on any atom is -0.352 e. The highest BCUT2D eigenvalue weighted by Crippen LogP contribution is 2.18. The van der Waals surface area contributed by atoms with E-state index < -0.39 is 0 Å². The predicted molar refractivity (Wildman–Crippen MR) is 89.4 cm³/mol. The van der Waals surface area contributed by atoms with E-state index in [-0.39, 0.29) is 24.1 Å². The maximum Gasteiger partial charge on any atom is 0.267 e. The molecule has 0 atom stereocenters. The molecule has 1 aromatic heterocycles. The van der Waals surface area contributed by atoms with Gasteiger partial charge in [0.05, 0.1) is 5.69 Å². The van der Waals surface area contributed by atoms with Gasteiger partial charge >= 0.3 is 0 Å². The highest BCUT2D eigenvalue weighted by Gasteiger charge is 2.17. The van der Waals surface area contributed by atoms with Gasteiger partial charge in [-0.15, -0.1) is 0 Å². The maximum atomic E-state index is 12.3. The molecule has 3 rings (SSSR count). The van der Waals surface area contributed by atoms with E-state index in [0.717, 1.165) is 49.8 Å². The third kappa shape index (κ3) is 4.43. The predicted octanol–water partition coefficient (Wildman–Crippen LogP) is 2.35. The van der Waals surface area contributed by atoms with E-state index in [1.54, 1.807) is 6.07 Å². The number of nitrogens with one attached hydrogen (secondary N) is 1. The molecular weight excluding hydrogens is 290 g/mol. The van der Waals surface area contributed by atoms with Crippen LogP contribution >= 0.6 is 0 Å². The fraction of sp³-hybridized carbons (Fsp3) is 0.722. The molecule has 1 saturated carbocycles. The average molecular weight is 317 g/mol. The van der Waals surface area contributed by atoms with Gasteiger partial charge in [-0.2, -0.15) is 5.10 Å². The van der Waals surface area contributed by atoms with Crippen LogP contribution in [0, 0.1) is 0 Å². The molecular formula is C18H27N3O2. The summed E-state index contributed by atoms with van der Waals surface area (Å²) in [5.74, 6) is -0.0833. The molecule has 1 fully saturated rings. The van der Waals surface area contributed by atoms with Crippen LogP contribution in [0.5, 0.6) is 0 Å². The lowest BCUT2D eigenvalue weighted by atomic mass is 10.1. The first-order chi connectivity index (χ1) is 11.2. The zero-order valence-electron chi connectivity index (χ0n) is 13.9. The lowest BCUT2D eigenvalue weighted by molar-refractivity contribution is -0.122. The van der Waals surface area contributed by atoms with Crippen molar-refractivity contribution in [3.8, 4) is 0 Å². The Morgan fingerprint density at radius 3 is 2.57 bits per heavy atom. The Balaban J connectivity index is 1.66. The number of carbonyl (C=O) groups is 1. The summed E-state index contributed by atoms with van der Waals surface area (Å²) in [5.41, 5.74) is 1.93. The zero-order valence-corrected chi connectivity index (χ0v) is 13.9. The highest BCUT2D eigenvalue weighted by atomic mass is 16.2. The molecule has 126 valence electrons. The van der Waals surface area contributed by atoms with Crippen molar-refractivity contribution in [1.82, 2.24) is 15.1 Å². The Hall–Kier alpha value is -1.65. The molecule has 0 aliphatic heterocycles. The lowest BCUT2D eigenvalue weighted by Crippen LogP contribution is -2.39. The van der Waals surface area contributed by atoms with Crippen LogP contribution < -0.4 is 10.9 Å². The van der Waals surface area contributed by atoms with Gasteiger partial charge in [0.25, 0.3) is 5.56 Å². The Morgan fingerprint density at radius 1 is 1.09 bits per heavy atom. The third-order valence-electron chi connectivity index (χ3n) is 5.04. The molecule has 0 radical (unpaired) electrons. The number of aromatic nitrogens is 2. The molecule has 5 heteroatoms. The summed E-state index contributed by atoms with van der Waals surface area (Å²) < 4.78 is 1.34. The van der Waals surface area contributed by atoms with Crippen LogP contribution in [0.2, 0.25) is 0 Å². The number of nitrogens with zero attached hydrogens (tertiary/aromatic N) is 2. The number of amides is 1. The molecule has 2 aliphatic carbocycles. The number of fused-ring (bicyclic) bond motifs is 1. The summed E-state index contributed by atoms with van der Waals surface area (Å²) in [6.07, 6.45) is 12.3. The molecule has 0 aromatic carbocycles. The van der Waals surface area contributed by atoms with E-state index in [1.165, 1.54) is 36.8 Å². The van der Waals surface area contributed by atoms with Crippen LogP contribution in [-0.2, 0) is 24.2 Å². The topological polar surface area (TPSA) is 64.0 Å². The van der Waals surface area contributed by atoms with Gasteiger partial charge < -0.3 is 5.32 Å². The maximum absolute atomic E-state index is 12.3. The molecule has 0 unspecified atom stereocenters. The quantitative estimate of drug-likeness (QED) is 0.687. The number of hydrogen-bond acceptors (Lipinski definition) is 3. The van der Waals surface area contributed by atoms with Crippen molar-refractivity contribution in [3.05, 3.63) is 27.7 Å². The summed E-state index contributed by atoms with van der Waals surface area (Å²) in [5, 5.41) is 7.56. The number of aryl methyl sites for hydroxylation is 2. The highest BCUT2D eigenvalue weighted by molar-refractivity contribution is 5.75. The first kappa shape index (κ1) is 16.2. The van der Waals surface area contributed by atoms with Crippen LogP contribution in [0.15, 0.2) is 10.9 Å².